The van der Waals surface area contributed by atoms with Gasteiger partial charge in [-0.15, -0.1) is 0 Å². The van der Waals surface area contributed by atoms with Gasteiger partial charge in [0.1, 0.15) is 17.3 Å². The van der Waals surface area contributed by atoms with Crippen LogP contribution in [0.25, 0.3) is 11.3 Å². The number of rotatable bonds is 6. The molecule has 0 aliphatic rings. The highest BCUT2D eigenvalue weighted by molar-refractivity contribution is 6.35. The summed E-state index contributed by atoms with van der Waals surface area (Å²) >= 11 is 12.1. The molecule has 0 saturated carbocycles. The van der Waals surface area contributed by atoms with Gasteiger partial charge in [-0.3, -0.25) is 4.79 Å². The predicted octanol–water partition coefficient (Wildman–Crippen LogP) is 4.65. The van der Waals surface area contributed by atoms with Crippen LogP contribution in [-0.4, -0.2) is 18.7 Å². The zero-order valence-corrected chi connectivity index (χ0v) is 15.9. The number of hydrazone groups is 1. The Morgan fingerprint density at radius 2 is 1.96 bits per heavy atom. The Kier molecular flexibility index (Phi) is 6.33. The molecule has 0 saturated heterocycles. The molecule has 0 unspecified atom stereocenters. The average Bonchev–Trinajstić information content (AvgIpc) is 3.17. The van der Waals surface area contributed by atoms with Crippen molar-refractivity contribution in [2.24, 2.45) is 5.10 Å². The number of ether oxygens (including phenoxy) is 1. The maximum absolute atomic E-state index is 11.8. The van der Waals surface area contributed by atoms with E-state index in [9.17, 15) is 4.79 Å². The summed E-state index contributed by atoms with van der Waals surface area (Å²) in [7, 11) is 0. The number of hydrogen-bond donors (Lipinski definition) is 1. The van der Waals surface area contributed by atoms with Gasteiger partial charge in [-0.25, -0.2) is 5.43 Å². The summed E-state index contributed by atoms with van der Waals surface area (Å²) < 4.78 is 10.9. The summed E-state index contributed by atoms with van der Waals surface area (Å²) in [6.45, 7) is -0.217. The van der Waals surface area contributed by atoms with Crippen molar-refractivity contribution in [2.45, 2.75) is 0 Å². The summed E-state index contributed by atoms with van der Waals surface area (Å²) in [5.74, 6) is 1.00. The standard InChI is InChI=1S/C20H13Cl2N3O3/c21-14-3-7-18(22)17(9-14)19-8-6-16(28-19)11-24-25-20(26)12-27-15-4-1-13(10-23)2-5-15/h1-9,11H,12H2,(H,25,26)/b24-11+. The molecular weight excluding hydrogens is 401 g/mol. The molecule has 8 heteroatoms. The lowest BCUT2D eigenvalue weighted by Crippen LogP contribution is -2.24. The molecular formula is C20H13Cl2N3O3. The quantitative estimate of drug-likeness (QED) is 0.470. The first-order chi connectivity index (χ1) is 13.5. The molecule has 1 aromatic heterocycles. The first-order valence-corrected chi connectivity index (χ1v) is 8.81. The van der Waals surface area contributed by atoms with Gasteiger partial charge in [0.2, 0.25) is 0 Å². The molecule has 1 amide bonds. The zero-order chi connectivity index (χ0) is 19.9. The van der Waals surface area contributed by atoms with Gasteiger partial charge >= 0.3 is 0 Å². The number of amides is 1. The Morgan fingerprint density at radius 3 is 2.71 bits per heavy atom. The van der Waals surface area contributed by atoms with Crippen LogP contribution in [0, 0.1) is 11.3 Å². The number of furan rings is 1. The molecule has 0 bridgehead atoms. The summed E-state index contributed by atoms with van der Waals surface area (Å²) in [4.78, 5) is 11.8. The molecule has 28 heavy (non-hydrogen) atoms. The third-order valence-electron chi connectivity index (χ3n) is 3.56. The predicted molar refractivity (Wildman–Crippen MR) is 107 cm³/mol. The molecule has 0 spiro atoms. The Hall–Kier alpha value is -3.27. The molecule has 6 nitrogen and oxygen atoms in total. The molecule has 3 rings (SSSR count). The SMILES string of the molecule is N#Cc1ccc(OCC(=O)N/N=C/c2ccc(-c3cc(Cl)ccc3Cl)o2)cc1. The summed E-state index contributed by atoms with van der Waals surface area (Å²) in [6, 6.07) is 16.9. The van der Waals surface area contributed by atoms with Crippen molar-refractivity contribution in [3.05, 3.63) is 76.0 Å². The summed E-state index contributed by atoms with van der Waals surface area (Å²) in [5, 5.41) is 13.6. The number of halogens is 2. The lowest BCUT2D eigenvalue weighted by molar-refractivity contribution is -0.123. The lowest BCUT2D eigenvalue weighted by Gasteiger charge is -2.04. The zero-order valence-electron chi connectivity index (χ0n) is 14.4. The smallest absolute Gasteiger partial charge is 0.277 e. The van der Waals surface area contributed by atoms with Crippen LogP contribution in [0.15, 0.2) is 64.1 Å². The van der Waals surface area contributed by atoms with Crippen molar-refractivity contribution in [1.82, 2.24) is 5.43 Å². The van der Waals surface area contributed by atoms with Gasteiger partial charge in [0, 0.05) is 10.6 Å². The molecule has 0 atom stereocenters. The van der Waals surface area contributed by atoms with Crippen LogP contribution in [0.1, 0.15) is 11.3 Å². The van der Waals surface area contributed by atoms with Crippen molar-refractivity contribution in [2.75, 3.05) is 6.61 Å². The monoisotopic (exact) mass is 413 g/mol. The third-order valence-corrected chi connectivity index (χ3v) is 4.12. The maximum atomic E-state index is 11.8. The van der Waals surface area contributed by atoms with Crippen molar-refractivity contribution in [3.8, 4) is 23.1 Å². The van der Waals surface area contributed by atoms with E-state index in [1.165, 1.54) is 6.21 Å². The van der Waals surface area contributed by atoms with E-state index in [-0.39, 0.29) is 6.61 Å². The van der Waals surface area contributed by atoms with Crippen LogP contribution < -0.4 is 10.2 Å². The normalized spacial score (nSPS) is 10.6. The second-order valence-corrected chi connectivity index (χ2v) is 6.39. The van der Waals surface area contributed by atoms with Gasteiger partial charge in [-0.1, -0.05) is 23.2 Å². The minimum Gasteiger partial charge on any atom is -0.484 e. The van der Waals surface area contributed by atoms with Crippen molar-refractivity contribution < 1.29 is 13.9 Å². The van der Waals surface area contributed by atoms with Crippen LogP contribution in [0.2, 0.25) is 10.0 Å². The van der Waals surface area contributed by atoms with E-state index < -0.39 is 5.91 Å². The summed E-state index contributed by atoms with van der Waals surface area (Å²) in [6.07, 6.45) is 1.36. The van der Waals surface area contributed by atoms with Gasteiger partial charge in [0.05, 0.1) is 22.9 Å². The Bertz CT molecular complexity index is 1050. The second-order valence-electron chi connectivity index (χ2n) is 5.54. The fraction of sp³-hybridized carbons (Fsp3) is 0.0500. The van der Waals surface area contributed by atoms with Gasteiger partial charge in [-0.2, -0.15) is 10.4 Å². The van der Waals surface area contributed by atoms with E-state index in [0.29, 0.717) is 38.4 Å². The molecule has 140 valence electrons. The highest BCUT2D eigenvalue weighted by Gasteiger charge is 2.09. The Labute approximate surface area is 170 Å². The Morgan fingerprint density at radius 1 is 1.18 bits per heavy atom. The number of carbonyl (C=O) groups is 1. The van der Waals surface area contributed by atoms with Crippen LogP contribution in [-0.2, 0) is 4.79 Å². The molecule has 1 N–H and O–H groups in total. The molecule has 2 aromatic carbocycles. The topological polar surface area (TPSA) is 87.6 Å². The number of carbonyl (C=O) groups excluding carboxylic acids is 1. The molecule has 3 aromatic rings. The van der Waals surface area contributed by atoms with Crippen LogP contribution >= 0.6 is 23.2 Å². The average molecular weight is 414 g/mol. The van der Waals surface area contributed by atoms with E-state index in [1.54, 1.807) is 54.6 Å². The first kappa shape index (κ1) is 19.5. The Balaban J connectivity index is 1.53. The van der Waals surface area contributed by atoms with Crippen molar-refractivity contribution in [3.63, 3.8) is 0 Å². The van der Waals surface area contributed by atoms with Crippen LogP contribution in [0.4, 0.5) is 0 Å². The van der Waals surface area contributed by atoms with Crippen LogP contribution in [0.5, 0.6) is 5.75 Å². The number of nitrogens with zero attached hydrogens (tertiary/aromatic N) is 2. The van der Waals surface area contributed by atoms with Gasteiger partial charge in [0.25, 0.3) is 5.91 Å². The fourth-order valence-electron chi connectivity index (χ4n) is 2.23. The minimum absolute atomic E-state index is 0.217. The number of nitrogens with one attached hydrogen (secondary N) is 1. The number of benzene rings is 2. The maximum Gasteiger partial charge on any atom is 0.277 e. The van der Waals surface area contributed by atoms with Gasteiger partial charge < -0.3 is 9.15 Å². The highest BCUT2D eigenvalue weighted by atomic mass is 35.5. The third kappa shape index (κ3) is 5.13. The van der Waals surface area contributed by atoms with Crippen molar-refractivity contribution >= 4 is 35.3 Å². The van der Waals surface area contributed by atoms with Crippen LogP contribution in [0.3, 0.4) is 0 Å². The molecule has 0 fully saturated rings. The molecule has 0 radical (unpaired) electrons. The summed E-state index contributed by atoms with van der Waals surface area (Å²) in [5.41, 5.74) is 3.51. The van der Waals surface area contributed by atoms with E-state index in [1.807, 2.05) is 6.07 Å². The van der Waals surface area contributed by atoms with Crippen molar-refractivity contribution in [1.29, 1.82) is 5.26 Å². The number of hydrogen-bond acceptors (Lipinski definition) is 5. The first-order valence-electron chi connectivity index (χ1n) is 8.05. The second kappa shape index (κ2) is 9.09. The van der Waals surface area contributed by atoms with E-state index in [4.69, 9.17) is 37.6 Å². The molecule has 0 aliphatic heterocycles. The largest absolute Gasteiger partial charge is 0.484 e. The molecule has 1 heterocycles. The van der Waals surface area contributed by atoms with E-state index in [2.05, 4.69) is 10.5 Å². The van der Waals surface area contributed by atoms with E-state index in [0.717, 1.165) is 0 Å². The van der Waals surface area contributed by atoms with Gasteiger partial charge in [0.15, 0.2) is 6.61 Å². The van der Waals surface area contributed by atoms with E-state index >= 15 is 0 Å². The highest BCUT2D eigenvalue weighted by Crippen LogP contribution is 2.31. The number of nitriles is 1. The minimum atomic E-state index is -0.440. The lowest BCUT2D eigenvalue weighted by atomic mass is 10.2. The fourth-order valence-corrected chi connectivity index (χ4v) is 2.61. The van der Waals surface area contributed by atoms with Gasteiger partial charge in [-0.05, 0) is 54.6 Å². The molecule has 0 aliphatic carbocycles.